The number of hydrogen-bond donors (Lipinski definition) is 0. The van der Waals surface area contributed by atoms with Crippen LogP contribution in [0, 0.1) is 6.92 Å². The zero-order valence-corrected chi connectivity index (χ0v) is 10.8. The van der Waals surface area contributed by atoms with Crippen molar-refractivity contribution in [2.45, 2.75) is 38.7 Å². The van der Waals surface area contributed by atoms with Crippen molar-refractivity contribution in [3.8, 4) is 0 Å². The second-order valence-corrected chi connectivity index (χ2v) is 4.86. The SMILES string of the molecule is Cc1nscc1C(=O)OCC[C@@H]1CCCCO1. The Labute approximate surface area is 105 Å². The summed E-state index contributed by atoms with van der Waals surface area (Å²) < 4.78 is 14.8. The first-order chi connectivity index (χ1) is 8.27. The molecule has 0 spiro atoms. The number of ether oxygens (including phenoxy) is 2. The number of esters is 1. The molecular weight excluding hydrogens is 238 g/mol. The van der Waals surface area contributed by atoms with Crippen molar-refractivity contribution in [3.63, 3.8) is 0 Å². The van der Waals surface area contributed by atoms with Gasteiger partial charge < -0.3 is 9.47 Å². The Balaban J connectivity index is 1.71. The molecule has 0 N–H and O–H groups in total. The predicted octanol–water partition coefficient (Wildman–Crippen LogP) is 2.57. The number of carbonyl (C=O) groups excluding carboxylic acids is 1. The van der Waals surface area contributed by atoms with E-state index < -0.39 is 0 Å². The van der Waals surface area contributed by atoms with Crippen LogP contribution >= 0.6 is 11.5 Å². The third kappa shape index (κ3) is 3.51. The van der Waals surface area contributed by atoms with E-state index in [2.05, 4.69) is 4.37 Å². The molecule has 0 aliphatic carbocycles. The maximum absolute atomic E-state index is 11.7. The molecule has 1 saturated heterocycles. The van der Waals surface area contributed by atoms with E-state index in [0.717, 1.165) is 31.6 Å². The molecule has 0 radical (unpaired) electrons. The third-order valence-electron chi connectivity index (χ3n) is 2.92. The highest BCUT2D eigenvalue weighted by molar-refractivity contribution is 7.03. The Kier molecular flexibility index (Phi) is 4.50. The minimum Gasteiger partial charge on any atom is -0.462 e. The Bertz CT molecular complexity index is 372. The molecule has 1 aliphatic rings. The van der Waals surface area contributed by atoms with Crippen LogP contribution < -0.4 is 0 Å². The van der Waals surface area contributed by atoms with Gasteiger partial charge in [-0.15, -0.1) is 0 Å². The van der Waals surface area contributed by atoms with E-state index in [1.165, 1.54) is 18.0 Å². The van der Waals surface area contributed by atoms with E-state index in [9.17, 15) is 4.79 Å². The second-order valence-electron chi connectivity index (χ2n) is 4.23. The van der Waals surface area contributed by atoms with E-state index in [-0.39, 0.29) is 12.1 Å². The fourth-order valence-electron chi connectivity index (χ4n) is 1.88. The molecule has 17 heavy (non-hydrogen) atoms. The van der Waals surface area contributed by atoms with E-state index in [1.54, 1.807) is 5.38 Å². The first kappa shape index (κ1) is 12.5. The quantitative estimate of drug-likeness (QED) is 0.776. The average molecular weight is 255 g/mol. The largest absolute Gasteiger partial charge is 0.462 e. The molecule has 2 heterocycles. The van der Waals surface area contributed by atoms with Gasteiger partial charge in [0.25, 0.3) is 0 Å². The lowest BCUT2D eigenvalue weighted by atomic mass is 10.1. The van der Waals surface area contributed by atoms with Gasteiger partial charge in [-0.3, -0.25) is 0 Å². The first-order valence-electron chi connectivity index (χ1n) is 5.97. The summed E-state index contributed by atoms with van der Waals surface area (Å²) in [5.41, 5.74) is 1.33. The summed E-state index contributed by atoms with van der Waals surface area (Å²) in [6, 6.07) is 0. The van der Waals surface area contributed by atoms with Crippen LogP contribution in [0.1, 0.15) is 41.7 Å². The summed E-state index contributed by atoms with van der Waals surface area (Å²) in [6.45, 7) is 3.09. The molecule has 1 aliphatic heterocycles. The Morgan fingerprint density at radius 1 is 1.65 bits per heavy atom. The summed E-state index contributed by atoms with van der Waals surface area (Å²) in [7, 11) is 0. The molecule has 5 heteroatoms. The fourth-order valence-corrected chi connectivity index (χ4v) is 2.57. The molecule has 0 aromatic carbocycles. The van der Waals surface area contributed by atoms with Crippen LogP contribution in [0.15, 0.2) is 5.38 Å². The van der Waals surface area contributed by atoms with Crippen molar-refractivity contribution in [1.82, 2.24) is 4.37 Å². The van der Waals surface area contributed by atoms with E-state index in [1.807, 2.05) is 6.92 Å². The normalized spacial score (nSPS) is 20.2. The van der Waals surface area contributed by atoms with Crippen LogP contribution in [0.4, 0.5) is 0 Å². The average Bonchev–Trinajstić information content (AvgIpc) is 2.77. The molecule has 2 rings (SSSR count). The lowest BCUT2D eigenvalue weighted by Crippen LogP contribution is -2.21. The molecule has 0 amide bonds. The molecule has 0 saturated carbocycles. The van der Waals surface area contributed by atoms with Crippen LogP contribution in [0.25, 0.3) is 0 Å². The first-order valence-corrected chi connectivity index (χ1v) is 6.80. The summed E-state index contributed by atoms with van der Waals surface area (Å²) >= 11 is 1.28. The van der Waals surface area contributed by atoms with Gasteiger partial charge >= 0.3 is 5.97 Å². The maximum Gasteiger partial charge on any atom is 0.340 e. The third-order valence-corrected chi connectivity index (χ3v) is 3.64. The molecular formula is C12H17NO3S. The summed E-state index contributed by atoms with van der Waals surface area (Å²) in [6.07, 6.45) is 4.50. The van der Waals surface area contributed by atoms with Crippen molar-refractivity contribution >= 4 is 17.5 Å². The molecule has 94 valence electrons. The molecule has 1 aromatic heterocycles. The van der Waals surface area contributed by atoms with Gasteiger partial charge in [0, 0.05) is 18.4 Å². The highest BCUT2D eigenvalue weighted by Crippen LogP contribution is 2.16. The number of nitrogens with zero attached hydrogens (tertiary/aromatic N) is 1. The molecule has 1 fully saturated rings. The van der Waals surface area contributed by atoms with E-state index >= 15 is 0 Å². The fraction of sp³-hybridized carbons (Fsp3) is 0.667. The second kappa shape index (κ2) is 6.12. The van der Waals surface area contributed by atoms with Gasteiger partial charge in [0.1, 0.15) is 0 Å². The standard InChI is InChI=1S/C12H17NO3S/c1-9-11(8-17-13-9)12(14)16-7-5-10-4-2-3-6-15-10/h8,10H,2-7H2,1H3/t10-/m0/s1. The molecule has 0 bridgehead atoms. The topological polar surface area (TPSA) is 48.4 Å². The van der Waals surface area contributed by atoms with Gasteiger partial charge in [0.2, 0.25) is 0 Å². The minimum absolute atomic E-state index is 0.262. The van der Waals surface area contributed by atoms with Crippen LogP contribution in [0.2, 0.25) is 0 Å². The predicted molar refractivity (Wildman–Crippen MR) is 65.3 cm³/mol. The lowest BCUT2D eigenvalue weighted by Gasteiger charge is -2.22. The van der Waals surface area contributed by atoms with Crippen LogP contribution in [-0.4, -0.2) is 29.7 Å². The van der Waals surface area contributed by atoms with E-state index in [0.29, 0.717) is 12.2 Å². The minimum atomic E-state index is -0.271. The van der Waals surface area contributed by atoms with Crippen molar-refractivity contribution in [2.75, 3.05) is 13.2 Å². The van der Waals surface area contributed by atoms with Crippen molar-refractivity contribution in [1.29, 1.82) is 0 Å². The summed E-state index contributed by atoms with van der Waals surface area (Å²) in [5.74, 6) is -0.271. The van der Waals surface area contributed by atoms with Crippen molar-refractivity contribution in [2.24, 2.45) is 0 Å². The van der Waals surface area contributed by atoms with Gasteiger partial charge in [-0.1, -0.05) is 0 Å². The number of aryl methyl sites for hydroxylation is 1. The summed E-state index contributed by atoms with van der Waals surface area (Å²) in [4.78, 5) is 11.7. The number of aromatic nitrogens is 1. The Morgan fingerprint density at radius 3 is 3.18 bits per heavy atom. The highest BCUT2D eigenvalue weighted by atomic mass is 32.1. The Hall–Kier alpha value is -0.940. The molecule has 4 nitrogen and oxygen atoms in total. The van der Waals surface area contributed by atoms with Crippen LogP contribution in [0.3, 0.4) is 0 Å². The smallest absolute Gasteiger partial charge is 0.340 e. The van der Waals surface area contributed by atoms with E-state index in [4.69, 9.17) is 9.47 Å². The molecule has 1 aromatic rings. The maximum atomic E-state index is 11.7. The molecule has 1 atom stereocenters. The van der Waals surface area contributed by atoms with Crippen LogP contribution in [-0.2, 0) is 9.47 Å². The van der Waals surface area contributed by atoms with Crippen LogP contribution in [0.5, 0.6) is 0 Å². The van der Waals surface area contributed by atoms with Gasteiger partial charge in [0.05, 0.1) is 24.0 Å². The van der Waals surface area contributed by atoms with Crippen molar-refractivity contribution < 1.29 is 14.3 Å². The number of rotatable bonds is 4. The van der Waals surface area contributed by atoms with Crippen molar-refractivity contribution in [3.05, 3.63) is 16.6 Å². The molecule has 0 unspecified atom stereocenters. The van der Waals surface area contributed by atoms with Gasteiger partial charge in [-0.25, -0.2) is 4.79 Å². The summed E-state index contributed by atoms with van der Waals surface area (Å²) in [5, 5.41) is 1.73. The highest BCUT2D eigenvalue weighted by Gasteiger charge is 2.16. The monoisotopic (exact) mass is 255 g/mol. The number of hydrogen-bond acceptors (Lipinski definition) is 5. The van der Waals surface area contributed by atoms with Gasteiger partial charge in [-0.2, -0.15) is 4.37 Å². The van der Waals surface area contributed by atoms with Gasteiger partial charge in [0.15, 0.2) is 0 Å². The zero-order valence-electron chi connectivity index (χ0n) is 9.98. The zero-order chi connectivity index (χ0) is 12.1. The number of carbonyl (C=O) groups is 1. The lowest BCUT2D eigenvalue weighted by molar-refractivity contribution is -0.00446. The van der Waals surface area contributed by atoms with Gasteiger partial charge in [-0.05, 0) is 37.7 Å². The Morgan fingerprint density at radius 2 is 2.53 bits per heavy atom.